The first-order valence-electron chi connectivity index (χ1n) is 9.28. The second-order valence-electron chi connectivity index (χ2n) is 7.15. The first-order valence-corrected chi connectivity index (χ1v) is 9.28. The maximum absolute atomic E-state index is 12.6. The van der Waals surface area contributed by atoms with E-state index in [2.05, 4.69) is 5.10 Å². The third-order valence-corrected chi connectivity index (χ3v) is 5.52. The molecule has 2 aliphatic heterocycles. The van der Waals surface area contributed by atoms with E-state index in [1.807, 2.05) is 40.3 Å². The van der Waals surface area contributed by atoms with Crippen molar-refractivity contribution in [2.24, 2.45) is 7.05 Å². The Morgan fingerprint density at radius 3 is 2.00 bits per heavy atom. The predicted octanol–water partition coefficient (Wildman–Crippen LogP) is 1.33. The molecule has 1 aromatic heterocycles. The molecule has 2 saturated heterocycles. The summed E-state index contributed by atoms with van der Waals surface area (Å²) in [7, 11) is 1.90. The van der Waals surface area contributed by atoms with Gasteiger partial charge in [-0.2, -0.15) is 5.10 Å². The number of nitrogens with zero attached hydrogens (tertiary/aromatic N) is 5. The summed E-state index contributed by atoms with van der Waals surface area (Å²) < 4.78 is 1.83. The van der Waals surface area contributed by atoms with Crippen LogP contribution >= 0.6 is 0 Å². The van der Waals surface area contributed by atoms with Crippen molar-refractivity contribution >= 4 is 11.9 Å². The predicted molar refractivity (Wildman–Crippen MR) is 95.4 cm³/mol. The van der Waals surface area contributed by atoms with Crippen molar-refractivity contribution in [3.8, 4) is 0 Å². The molecule has 2 aliphatic rings. The molecule has 3 rings (SSSR count). The maximum Gasteiger partial charge on any atom is 0.320 e. The monoisotopic (exact) mass is 347 g/mol. The zero-order valence-corrected chi connectivity index (χ0v) is 15.6. The van der Waals surface area contributed by atoms with Gasteiger partial charge in [-0.3, -0.25) is 9.48 Å². The second-order valence-corrected chi connectivity index (χ2v) is 7.15. The van der Waals surface area contributed by atoms with Crippen molar-refractivity contribution in [1.29, 1.82) is 0 Å². The van der Waals surface area contributed by atoms with Crippen LogP contribution in [0.25, 0.3) is 0 Å². The minimum Gasteiger partial charge on any atom is -0.339 e. The van der Waals surface area contributed by atoms with Crippen LogP contribution in [0, 0.1) is 13.8 Å². The average Bonchev–Trinajstić information content (AvgIpc) is 2.88. The van der Waals surface area contributed by atoms with Gasteiger partial charge >= 0.3 is 6.03 Å². The largest absolute Gasteiger partial charge is 0.339 e. The van der Waals surface area contributed by atoms with Gasteiger partial charge in [0.15, 0.2) is 0 Å². The van der Waals surface area contributed by atoms with Crippen molar-refractivity contribution in [2.45, 2.75) is 39.5 Å². The Bertz CT molecular complexity index is 640. The number of aryl methyl sites for hydroxylation is 2. The lowest BCUT2D eigenvalue weighted by molar-refractivity contribution is -0.131. The number of hydrogen-bond acceptors (Lipinski definition) is 3. The fraction of sp³-hybridized carbons (Fsp3) is 0.722. The lowest BCUT2D eigenvalue weighted by Gasteiger charge is -2.38. The van der Waals surface area contributed by atoms with Crippen molar-refractivity contribution in [3.05, 3.63) is 17.0 Å². The van der Waals surface area contributed by atoms with Crippen molar-refractivity contribution in [1.82, 2.24) is 24.5 Å². The number of urea groups is 1. The van der Waals surface area contributed by atoms with Crippen molar-refractivity contribution in [2.75, 3.05) is 39.3 Å². The van der Waals surface area contributed by atoms with Crippen molar-refractivity contribution < 1.29 is 9.59 Å². The normalized spacial score (nSPS) is 18.6. The zero-order chi connectivity index (χ0) is 18.0. The van der Waals surface area contributed by atoms with Gasteiger partial charge in [-0.15, -0.1) is 0 Å². The van der Waals surface area contributed by atoms with Gasteiger partial charge in [-0.05, 0) is 33.1 Å². The number of carbonyl (C=O) groups excluding carboxylic acids is 2. The van der Waals surface area contributed by atoms with E-state index in [1.54, 1.807) is 0 Å². The summed E-state index contributed by atoms with van der Waals surface area (Å²) in [5.41, 5.74) is 3.00. The van der Waals surface area contributed by atoms with E-state index in [1.165, 1.54) is 6.42 Å². The molecule has 3 amide bonds. The van der Waals surface area contributed by atoms with E-state index in [0.717, 1.165) is 42.9 Å². The molecule has 138 valence electrons. The molecule has 7 nitrogen and oxygen atoms in total. The molecule has 0 atom stereocenters. The SMILES string of the molecule is Cc1nn(C)c(C)c1CC(=O)N1CCN(C(=O)N2CCCCC2)CC1. The number of piperidine rings is 1. The molecule has 0 unspecified atom stereocenters. The lowest BCUT2D eigenvalue weighted by atomic mass is 10.1. The molecular formula is C18H29N5O2. The number of aromatic nitrogens is 2. The molecule has 0 saturated carbocycles. The third-order valence-electron chi connectivity index (χ3n) is 5.52. The lowest BCUT2D eigenvalue weighted by Crippen LogP contribution is -2.55. The Hall–Kier alpha value is -2.05. The van der Waals surface area contributed by atoms with Crippen LogP contribution in [0.2, 0.25) is 0 Å². The summed E-state index contributed by atoms with van der Waals surface area (Å²) in [6, 6.07) is 0.144. The number of piperazine rings is 1. The Morgan fingerprint density at radius 1 is 0.880 bits per heavy atom. The fourth-order valence-corrected chi connectivity index (χ4v) is 3.77. The van der Waals surface area contributed by atoms with E-state index >= 15 is 0 Å². The molecule has 1 aromatic rings. The van der Waals surface area contributed by atoms with Crippen LogP contribution in [0.15, 0.2) is 0 Å². The van der Waals surface area contributed by atoms with Gasteiger partial charge in [0.2, 0.25) is 5.91 Å². The number of rotatable bonds is 2. The summed E-state index contributed by atoms with van der Waals surface area (Å²) in [5, 5.41) is 4.38. The topological polar surface area (TPSA) is 61.7 Å². The van der Waals surface area contributed by atoms with Gasteiger partial charge in [-0.25, -0.2) is 4.79 Å². The van der Waals surface area contributed by atoms with Crippen LogP contribution in [-0.2, 0) is 18.3 Å². The first kappa shape index (κ1) is 17.8. The molecule has 0 spiro atoms. The van der Waals surface area contributed by atoms with Crippen molar-refractivity contribution in [3.63, 3.8) is 0 Å². The third kappa shape index (κ3) is 3.80. The van der Waals surface area contributed by atoms with Crippen LogP contribution in [0.1, 0.15) is 36.2 Å². The van der Waals surface area contributed by atoms with Crippen LogP contribution in [0.5, 0.6) is 0 Å². The molecule has 0 aliphatic carbocycles. The van der Waals surface area contributed by atoms with Gasteiger partial charge < -0.3 is 14.7 Å². The van der Waals surface area contributed by atoms with E-state index in [9.17, 15) is 9.59 Å². The number of hydrogen-bond donors (Lipinski definition) is 0. The Labute approximate surface area is 149 Å². The van der Waals surface area contributed by atoms with Crippen LogP contribution < -0.4 is 0 Å². The van der Waals surface area contributed by atoms with Gasteiger partial charge in [0.05, 0.1) is 12.1 Å². The average molecular weight is 347 g/mol. The summed E-state index contributed by atoms with van der Waals surface area (Å²) in [6.07, 6.45) is 3.83. The molecule has 2 fully saturated rings. The fourth-order valence-electron chi connectivity index (χ4n) is 3.77. The van der Waals surface area contributed by atoms with Gasteiger partial charge in [0, 0.05) is 57.6 Å². The molecule has 7 heteroatoms. The molecule has 3 heterocycles. The summed E-state index contributed by atoms with van der Waals surface area (Å²) in [5.74, 6) is 0.129. The highest BCUT2D eigenvalue weighted by atomic mass is 16.2. The molecule has 0 aromatic carbocycles. The number of amides is 3. The first-order chi connectivity index (χ1) is 12.0. The molecule has 0 radical (unpaired) electrons. The quantitative estimate of drug-likeness (QED) is 0.811. The maximum atomic E-state index is 12.6. The van der Waals surface area contributed by atoms with Crippen LogP contribution in [-0.4, -0.2) is 75.7 Å². The molecule has 0 bridgehead atoms. The summed E-state index contributed by atoms with van der Waals surface area (Å²) in [4.78, 5) is 30.9. The van der Waals surface area contributed by atoms with Gasteiger partial charge in [-0.1, -0.05) is 0 Å². The highest BCUT2D eigenvalue weighted by Gasteiger charge is 2.28. The number of carbonyl (C=O) groups is 2. The van der Waals surface area contributed by atoms with Crippen LogP contribution in [0.3, 0.4) is 0 Å². The molecule has 0 N–H and O–H groups in total. The molecular weight excluding hydrogens is 318 g/mol. The molecule has 25 heavy (non-hydrogen) atoms. The second kappa shape index (κ2) is 7.45. The minimum absolute atomic E-state index is 0.129. The minimum atomic E-state index is 0.129. The summed E-state index contributed by atoms with van der Waals surface area (Å²) >= 11 is 0. The van der Waals surface area contributed by atoms with Gasteiger partial charge in [0.1, 0.15) is 0 Å². The Balaban J connectivity index is 1.53. The standard InChI is InChI=1S/C18H29N5O2/c1-14-16(15(2)20(3)19-14)13-17(24)21-9-11-23(12-10-21)18(25)22-7-5-4-6-8-22/h4-13H2,1-3H3. The Morgan fingerprint density at radius 2 is 1.44 bits per heavy atom. The van der Waals surface area contributed by atoms with E-state index in [0.29, 0.717) is 32.6 Å². The summed E-state index contributed by atoms with van der Waals surface area (Å²) in [6.45, 7) is 8.20. The smallest absolute Gasteiger partial charge is 0.320 e. The Kier molecular flexibility index (Phi) is 5.30. The van der Waals surface area contributed by atoms with Crippen LogP contribution in [0.4, 0.5) is 4.79 Å². The van der Waals surface area contributed by atoms with E-state index < -0.39 is 0 Å². The highest BCUT2D eigenvalue weighted by Crippen LogP contribution is 2.16. The highest BCUT2D eigenvalue weighted by molar-refractivity contribution is 5.80. The van der Waals surface area contributed by atoms with E-state index in [4.69, 9.17) is 0 Å². The zero-order valence-electron chi connectivity index (χ0n) is 15.6. The number of likely N-dealkylation sites (tertiary alicyclic amines) is 1. The van der Waals surface area contributed by atoms with E-state index in [-0.39, 0.29) is 11.9 Å². The van der Waals surface area contributed by atoms with Gasteiger partial charge in [0.25, 0.3) is 0 Å².